The maximum atomic E-state index is 5.37. The third-order valence-electron chi connectivity index (χ3n) is 2.19. The highest BCUT2D eigenvalue weighted by atomic mass is 32.1. The van der Waals surface area contributed by atoms with Crippen LogP contribution in [0.4, 0.5) is 0 Å². The molecule has 0 aliphatic heterocycles. The van der Waals surface area contributed by atoms with Crippen molar-refractivity contribution in [3.05, 3.63) is 48.5 Å². The first-order chi connectivity index (χ1) is 8.75. The molecule has 0 spiro atoms. The maximum Gasteiger partial charge on any atom is 0.184 e. The predicted octanol–water partition coefficient (Wildman–Crippen LogP) is 0.516. The summed E-state index contributed by atoms with van der Waals surface area (Å²) in [5.41, 5.74) is 9.70. The van der Waals surface area contributed by atoms with Crippen molar-refractivity contribution in [2.24, 2.45) is 10.8 Å². The molecule has 0 radical (unpaired) electrons. The quantitative estimate of drug-likeness (QED) is 0.476. The van der Waals surface area contributed by atoms with E-state index in [0.717, 1.165) is 11.3 Å². The number of aromatic nitrogens is 3. The molecular formula is C11H12N6S. The Morgan fingerprint density at radius 2 is 2.17 bits per heavy atom. The Bertz CT molecular complexity index is 534. The van der Waals surface area contributed by atoms with Crippen LogP contribution < -0.4 is 11.2 Å². The number of hydrogen-bond donors (Lipinski definition) is 2. The summed E-state index contributed by atoms with van der Waals surface area (Å²) in [4.78, 5) is 3.89. The Morgan fingerprint density at radius 3 is 2.78 bits per heavy atom. The van der Waals surface area contributed by atoms with Gasteiger partial charge >= 0.3 is 0 Å². The van der Waals surface area contributed by atoms with E-state index in [-0.39, 0.29) is 5.11 Å². The van der Waals surface area contributed by atoms with E-state index in [4.69, 9.17) is 18.0 Å². The van der Waals surface area contributed by atoms with Crippen LogP contribution in [0.2, 0.25) is 0 Å². The van der Waals surface area contributed by atoms with E-state index in [9.17, 15) is 0 Å². The third kappa shape index (κ3) is 3.36. The van der Waals surface area contributed by atoms with Crippen molar-refractivity contribution in [3.8, 4) is 0 Å². The van der Waals surface area contributed by atoms with Crippen molar-refractivity contribution in [1.29, 1.82) is 0 Å². The Balaban J connectivity index is 2.23. The van der Waals surface area contributed by atoms with Crippen LogP contribution in [0, 0.1) is 0 Å². The molecule has 2 rings (SSSR count). The lowest BCUT2D eigenvalue weighted by Crippen LogP contribution is -2.27. The fourth-order valence-corrected chi connectivity index (χ4v) is 1.46. The summed E-state index contributed by atoms with van der Waals surface area (Å²) in [5.74, 6) is 0. The van der Waals surface area contributed by atoms with E-state index >= 15 is 0 Å². The van der Waals surface area contributed by atoms with Crippen molar-refractivity contribution in [2.75, 3.05) is 0 Å². The van der Waals surface area contributed by atoms with Gasteiger partial charge in [0, 0.05) is 0 Å². The number of hydrazone groups is 1. The molecular weight excluding hydrogens is 248 g/mol. The van der Waals surface area contributed by atoms with Gasteiger partial charge < -0.3 is 5.73 Å². The monoisotopic (exact) mass is 260 g/mol. The van der Waals surface area contributed by atoms with Gasteiger partial charge in [-0.2, -0.15) is 10.2 Å². The van der Waals surface area contributed by atoms with Gasteiger partial charge in [-0.3, -0.25) is 5.43 Å². The van der Waals surface area contributed by atoms with Crippen molar-refractivity contribution in [3.63, 3.8) is 0 Å². The van der Waals surface area contributed by atoms with Crippen LogP contribution in [0.15, 0.2) is 48.1 Å². The van der Waals surface area contributed by atoms with Crippen LogP contribution in [-0.2, 0) is 6.54 Å². The molecule has 1 aromatic heterocycles. The van der Waals surface area contributed by atoms with Crippen molar-refractivity contribution in [1.82, 2.24) is 20.2 Å². The fourth-order valence-electron chi connectivity index (χ4n) is 1.41. The van der Waals surface area contributed by atoms with Gasteiger partial charge in [-0.05, 0) is 17.8 Å². The van der Waals surface area contributed by atoms with Gasteiger partial charge in [0.1, 0.15) is 12.7 Å². The van der Waals surface area contributed by atoms with E-state index in [1.165, 1.54) is 6.33 Å². The van der Waals surface area contributed by atoms with E-state index in [2.05, 4.69) is 20.6 Å². The highest BCUT2D eigenvalue weighted by Crippen LogP contribution is 2.02. The molecule has 1 aromatic carbocycles. The molecule has 0 aliphatic rings. The topological polar surface area (TPSA) is 81.1 Å². The first-order valence-corrected chi connectivity index (χ1v) is 5.66. The number of nitrogens with two attached hydrogens (primary N) is 1. The summed E-state index contributed by atoms with van der Waals surface area (Å²) >= 11 is 4.74. The zero-order chi connectivity index (χ0) is 12.8. The van der Waals surface area contributed by atoms with Crippen molar-refractivity contribution in [2.45, 2.75) is 6.54 Å². The predicted molar refractivity (Wildman–Crippen MR) is 72.9 cm³/mol. The Kier molecular flexibility index (Phi) is 3.98. The number of hydrogen-bond acceptors (Lipinski definition) is 4. The Hall–Kier alpha value is -2.28. The average Bonchev–Trinajstić information content (AvgIpc) is 2.88. The molecule has 0 fully saturated rings. The summed E-state index contributed by atoms with van der Waals surface area (Å²) in [6.45, 7) is 0.486. The largest absolute Gasteiger partial charge is 0.375 e. The number of nitrogens with zero attached hydrogens (tertiary/aromatic N) is 4. The molecule has 6 nitrogen and oxygen atoms in total. The summed E-state index contributed by atoms with van der Waals surface area (Å²) in [5, 5.41) is 8.35. The fraction of sp³-hybridized carbons (Fsp3) is 0.0909. The van der Waals surface area contributed by atoms with Crippen molar-refractivity contribution < 1.29 is 0 Å². The third-order valence-corrected chi connectivity index (χ3v) is 2.28. The lowest BCUT2D eigenvalue weighted by molar-refractivity contribution is 0.718. The zero-order valence-electron chi connectivity index (χ0n) is 9.52. The van der Waals surface area contributed by atoms with Gasteiger partial charge in [0.15, 0.2) is 5.11 Å². The molecule has 0 aliphatic carbocycles. The first-order valence-electron chi connectivity index (χ1n) is 5.25. The number of benzene rings is 1. The van der Waals surface area contributed by atoms with Crippen LogP contribution in [0.1, 0.15) is 5.56 Å². The molecule has 1 heterocycles. The lowest BCUT2D eigenvalue weighted by Gasteiger charge is -2.07. The summed E-state index contributed by atoms with van der Waals surface area (Å²) in [7, 11) is 0. The maximum absolute atomic E-state index is 5.37. The molecule has 0 bridgehead atoms. The smallest absolute Gasteiger partial charge is 0.184 e. The number of nitrogens with one attached hydrogen (secondary N) is 1. The van der Waals surface area contributed by atoms with Crippen molar-refractivity contribution >= 4 is 23.0 Å². The second-order valence-corrected chi connectivity index (χ2v) is 3.93. The molecule has 18 heavy (non-hydrogen) atoms. The highest BCUT2D eigenvalue weighted by Gasteiger charge is 2.05. The van der Waals surface area contributed by atoms with E-state index in [1.807, 2.05) is 30.3 Å². The van der Waals surface area contributed by atoms with E-state index in [0.29, 0.717) is 6.54 Å². The Morgan fingerprint density at radius 1 is 1.39 bits per heavy atom. The average molecular weight is 260 g/mol. The van der Waals surface area contributed by atoms with Gasteiger partial charge in [0.05, 0.1) is 12.3 Å². The first kappa shape index (κ1) is 12.2. The van der Waals surface area contributed by atoms with Crippen LogP contribution >= 0.6 is 12.2 Å². The van der Waals surface area contributed by atoms with Gasteiger partial charge in [0.25, 0.3) is 0 Å². The summed E-state index contributed by atoms with van der Waals surface area (Å²) in [6.07, 6.45) is 3.10. The zero-order valence-corrected chi connectivity index (χ0v) is 10.3. The van der Waals surface area contributed by atoms with Crippen LogP contribution in [0.25, 0.3) is 0 Å². The van der Waals surface area contributed by atoms with Gasteiger partial charge in [-0.25, -0.2) is 9.67 Å². The molecule has 0 saturated carbocycles. The summed E-state index contributed by atoms with van der Waals surface area (Å²) < 4.78 is 1.67. The molecule has 0 saturated heterocycles. The molecule has 0 unspecified atom stereocenters. The number of rotatable bonds is 4. The molecule has 3 N–H and O–H groups in total. The molecule has 7 heteroatoms. The van der Waals surface area contributed by atoms with E-state index < -0.39 is 0 Å². The minimum absolute atomic E-state index is 0.127. The van der Waals surface area contributed by atoms with E-state index in [1.54, 1.807) is 11.0 Å². The second-order valence-electron chi connectivity index (χ2n) is 3.49. The molecule has 92 valence electrons. The van der Waals surface area contributed by atoms with Gasteiger partial charge in [-0.15, -0.1) is 0 Å². The SMILES string of the molecule is NC(=S)NN=C(Cn1cncn1)c1ccccc1. The molecule has 2 aromatic rings. The Labute approximate surface area is 110 Å². The van der Waals surface area contributed by atoms with Crippen LogP contribution in [-0.4, -0.2) is 25.6 Å². The molecule has 0 amide bonds. The second kappa shape index (κ2) is 5.87. The molecule has 0 atom stereocenters. The standard InChI is InChI=1S/C11H12N6S/c12-11(18)16-15-10(6-17-8-13-7-14-17)9-4-2-1-3-5-9/h1-5,7-8H,6H2,(H3,12,16,18). The number of thiocarbonyl (C=S) groups is 1. The van der Waals surface area contributed by atoms with Gasteiger partial charge in [0.2, 0.25) is 0 Å². The normalized spacial score (nSPS) is 11.2. The van der Waals surface area contributed by atoms with Crippen LogP contribution in [0.3, 0.4) is 0 Å². The minimum Gasteiger partial charge on any atom is -0.375 e. The van der Waals surface area contributed by atoms with Crippen LogP contribution in [0.5, 0.6) is 0 Å². The minimum atomic E-state index is 0.127. The van der Waals surface area contributed by atoms with Gasteiger partial charge in [-0.1, -0.05) is 30.3 Å². The highest BCUT2D eigenvalue weighted by molar-refractivity contribution is 7.80. The summed E-state index contributed by atoms with van der Waals surface area (Å²) in [6, 6.07) is 9.73. The lowest BCUT2D eigenvalue weighted by atomic mass is 10.1.